The quantitative estimate of drug-likeness (QED) is 0.929. The van der Waals surface area contributed by atoms with E-state index >= 15 is 0 Å². The van der Waals surface area contributed by atoms with Gasteiger partial charge >= 0.3 is 0 Å². The number of methoxy groups -OCH3 is 1. The predicted molar refractivity (Wildman–Crippen MR) is 78.9 cm³/mol. The van der Waals surface area contributed by atoms with E-state index in [4.69, 9.17) is 10.5 Å². The van der Waals surface area contributed by atoms with Crippen LogP contribution in [-0.2, 0) is 4.74 Å². The number of benzene rings is 1. The summed E-state index contributed by atoms with van der Waals surface area (Å²) in [6.45, 7) is 5.03. The van der Waals surface area contributed by atoms with Gasteiger partial charge in [0.05, 0.1) is 12.3 Å². The Labute approximate surface area is 117 Å². The Balaban J connectivity index is 2.10. The molecule has 2 atom stereocenters. The Morgan fingerprint density at radius 3 is 2.94 bits per heavy atom. The van der Waals surface area contributed by atoms with Gasteiger partial charge in [-0.25, -0.2) is 0 Å². The average molecular weight is 313 g/mol. The van der Waals surface area contributed by atoms with Crippen LogP contribution in [0.15, 0.2) is 22.7 Å². The van der Waals surface area contributed by atoms with E-state index in [1.807, 2.05) is 6.92 Å². The third-order valence-corrected chi connectivity index (χ3v) is 4.16. The van der Waals surface area contributed by atoms with Crippen LogP contribution in [0.2, 0.25) is 0 Å². The molecule has 1 aromatic rings. The molecule has 1 saturated heterocycles. The molecule has 4 heteroatoms. The van der Waals surface area contributed by atoms with Gasteiger partial charge in [-0.1, -0.05) is 6.07 Å². The normalized spacial score (nSPS) is 21.3. The van der Waals surface area contributed by atoms with Crippen LogP contribution in [0, 0.1) is 5.92 Å². The Morgan fingerprint density at radius 1 is 1.56 bits per heavy atom. The highest BCUT2D eigenvalue weighted by molar-refractivity contribution is 9.10. The molecule has 1 heterocycles. The van der Waals surface area contributed by atoms with E-state index in [1.54, 1.807) is 7.11 Å². The number of anilines is 1. The van der Waals surface area contributed by atoms with Gasteiger partial charge in [0.15, 0.2) is 0 Å². The average Bonchev–Trinajstić information content (AvgIpc) is 2.77. The van der Waals surface area contributed by atoms with E-state index < -0.39 is 0 Å². The molecule has 2 N–H and O–H groups in total. The van der Waals surface area contributed by atoms with E-state index in [1.165, 1.54) is 17.7 Å². The van der Waals surface area contributed by atoms with Gasteiger partial charge in [0.2, 0.25) is 0 Å². The Bertz CT molecular complexity index is 409. The van der Waals surface area contributed by atoms with E-state index in [0.29, 0.717) is 5.92 Å². The van der Waals surface area contributed by atoms with Gasteiger partial charge in [-0.15, -0.1) is 0 Å². The molecule has 1 fully saturated rings. The molecule has 100 valence electrons. The molecule has 0 radical (unpaired) electrons. The number of hydrogen-bond donors (Lipinski definition) is 1. The first-order chi connectivity index (χ1) is 8.61. The first-order valence-corrected chi connectivity index (χ1v) is 7.20. The smallest absolute Gasteiger partial charge is 0.0510 e. The highest BCUT2D eigenvalue weighted by Gasteiger charge is 2.23. The fraction of sp³-hybridized carbons (Fsp3) is 0.571. The third kappa shape index (κ3) is 3.05. The number of hydrogen-bond acceptors (Lipinski definition) is 3. The summed E-state index contributed by atoms with van der Waals surface area (Å²) in [4.78, 5) is 2.42. The van der Waals surface area contributed by atoms with Crippen molar-refractivity contribution in [3.05, 3.63) is 28.2 Å². The summed E-state index contributed by atoms with van der Waals surface area (Å²) in [7, 11) is 1.77. The fourth-order valence-electron chi connectivity index (χ4n) is 2.49. The van der Waals surface area contributed by atoms with Crippen molar-refractivity contribution in [2.24, 2.45) is 11.7 Å². The summed E-state index contributed by atoms with van der Waals surface area (Å²) >= 11 is 3.66. The first kappa shape index (κ1) is 13.8. The van der Waals surface area contributed by atoms with E-state index in [-0.39, 0.29) is 6.04 Å². The summed E-state index contributed by atoms with van der Waals surface area (Å²) in [5.41, 5.74) is 8.32. The molecule has 3 nitrogen and oxygen atoms in total. The summed E-state index contributed by atoms with van der Waals surface area (Å²) in [6.07, 6.45) is 1.20. The zero-order valence-electron chi connectivity index (χ0n) is 11.0. The van der Waals surface area contributed by atoms with E-state index in [2.05, 4.69) is 39.0 Å². The molecule has 1 aliphatic heterocycles. The molecule has 0 aliphatic carbocycles. The van der Waals surface area contributed by atoms with Crippen LogP contribution >= 0.6 is 15.9 Å². The molecule has 2 rings (SSSR count). The SMILES string of the molecule is COCC1CCN(c2ccc([C@H](C)N)cc2Br)C1. The zero-order chi connectivity index (χ0) is 13.1. The van der Waals surface area contributed by atoms with Gasteiger partial charge in [-0.2, -0.15) is 0 Å². The van der Waals surface area contributed by atoms with Gasteiger partial charge in [0.25, 0.3) is 0 Å². The molecule has 0 bridgehead atoms. The molecule has 0 spiro atoms. The summed E-state index contributed by atoms with van der Waals surface area (Å²) in [6, 6.07) is 6.49. The molecule has 1 unspecified atom stereocenters. The predicted octanol–water partition coefficient (Wildman–Crippen LogP) is 2.94. The van der Waals surface area contributed by atoms with Crippen LogP contribution in [0.5, 0.6) is 0 Å². The molecule has 0 saturated carbocycles. The summed E-state index contributed by atoms with van der Waals surface area (Å²) < 4.78 is 6.37. The topological polar surface area (TPSA) is 38.5 Å². The molecular weight excluding hydrogens is 292 g/mol. The largest absolute Gasteiger partial charge is 0.384 e. The maximum atomic E-state index is 5.90. The van der Waals surface area contributed by atoms with Gasteiger partial charge in [0.1, 0.15) is 0 Å². The lowest BCUT2D eigenvalue weighted by Gasteiger charge is -2.21. The number of halogens is 1. The molecule has 0 aromatic heterocycles. The molecule has 18 heavy (non-hydrogen) atoms. The minimum Gasteiger partial charge on any atom is -0.384 e. The van der Waals surface area contributed by atoms with Crippen LogP contribution in [-0.4, -0.2) is 26.8 Å². The molecular formula is C14H21BrN2O. The molecule has 1 aromatic carbocycles. The van der Waals surface area contributed by atoms with E-state index in [0.717, 1.165) is 24.2 Å². The lowest BCUT2D eigenvalue weighted by molar-refractivity contribution is 0.161. The van der Waals surface area contributed by atoms with Crippen molar-refractivity contribution in [2.45, 2.75) is 19.4 Å². The highest BCUT2D eigenvalue weighted by Crippen LogP contribution is 2.32. The van der Waals surface area contributed by atoms with Crippen molar-refractivity contribution in [3.8, 4) is 0 Å². The van der Waals surface area contributed by atoms with Crippen LogP contribution in [0.25, 0.3) is 0 Å². The third-order valence-electron chi connectivity index (χ3n) is 3.53. The summed E-state index contributed by atoms with van der Waals surface area (Å²) in [5.74, 6) is 0.648. The monoisotopic (exact) mass is 312 g/mol. The molecule has 1 aliphatic rings. The maximum absolute atomic E-state index is 5.90. The van der Waals surface area contributed by atoms with Crippen LogP contribution in [0.3, 0.4) is 0 Å². The number of nitrogens with zero attached hydrogens (tertiary/aromatic N) is 1. The lowest BCUT2D eigenvalue weighted by Crippen LogP contribution is -2.21. The minimum atomic E-state index is 0.0789. The van der Waals surface area contributed by atoms with Crippen molar-refractivity contribution in [1.82, 2.24) is 0 Å². The zero-order valence-corrected chi connectivity index (χ0v) is 12.6. The second-order valence-corrected chi connectivity index (χ2v) is 5.91. The highest BCUT2D eigenvalue weighted by atomic mass is 79.9. The number of rotatable bonds is 4. The van der Waals surface area contributed by atoms with Crippen molar-refractivity contribution < 1.29 is 4.74 Å². The molecule has 0 amide bonds. The second-order valence-electron chi connectivity index (χ2n) is 5.06. The Kier molecular flexibility index (Phi) is 4.65. The van der Waals surface area contributed by atoms with Gasteiger partial charge < -0.3 is 15.4 Å². The lowest BCUT2D eigenvalue weighted by atomic mass is 10.1. The van der Waals surface area contributed by atoms with Crippen molar-refractivity contribution in [1.29, 1.82) is 0 Å². The fourth-order valence-corrected chi connectivity index (χ4v) is 3.13. The van der Waals surface area contributed by atoms with E-state index in [9.17, 15) is 0 Å². The van der Waals surface area contributed by atoms with Crippen molar-refractivity contribution >= 4 is 21.6 Å². The summed E-state index contributed by atoms with van der Waals surface area (Å²) in [5, 5.41) is 0. The van der Waals surface area contributed by atoms with Crippen molar-refractivity contribution in [2.75, 3.05) is 31.7 Å². The van der Waals surface area contributed by atoms with Crippen LogP contribution < -0.4 is 10.6 Å². The maximum Gasteiger partial charge on any atom is 0.0510 e. The number of ether oxygens (including phenoxy) is 1. The Morgan fingerprint density at radius 2 is 2.33 bits per heavy atom. The minimum absolute atomic E-state index is 0.0789. The van der Waals surface area contributed by atoms with Crippen LogP contribution in [0.1, 0.15) is 24.9 Å². The van der Waals surface area contributed by atoms with Crippen molar-refractivity contribution in [3.63, 3.8) is 0 Å². The van der Waals surface area contributed by atoms with Gasteiger partial charge in [-0.05, 0) is 47.0 Å². The van der Waals surface area contributed by atoms with Gasteiger partial charge in [0, 0.05) is 36.6 Å². The Hall–Kier alpha value is -0.580. The van der Waals surface area contributed by atoms with Gasteiger partial charge in [-0.3, -0.25) is 0 Å². The van der Waals surface area contributed by atoms with Crippen LogP contribution in [0.4, 0.5) is 5.69 Å². The number of nitrogens with two attached hydrogens (primary N) is 1. The first-order valence-electron chi connectivity index (χ1n) is 6.40. The second kappa shape index (κ2) is 6.04. The standard InChI is InChI=1S/C14H21BrN2O/c1-10(16)12-3-4-14(13(15)7-12)17-6-5-11(8-17)9-18-2/h3-4,7,10-11H,5-6,8-9,16H2,1-2H3/t10-,11?/m0/s1.